The molecule has 0 fully saturated rings. The van der Waals surface area contributed by atoms with Crippen molar-refractivity contribution >= 4 is 17.6 Å². The minimum atomic E-state index is -1.10. The summed E-state index contributed by atoms with van der Waals surface area (Å²) in [7, 11) is 0. The Labute approximate surface area is 144 Å². The molecule has 2 N–H and O–H groups in total. The summed E-state index contributed by atoms with van der Waals surface area (Å²) < 4.78 is 0. The summed E-state index contributed by atoms with van der Waals surface area (Å²) >= 11 is 0. The topological polar surface area (TPSA) is 79.3 Å². The zero-order chi connectivity index (χ0) is 17.4. The van der Waals surface area contributed by atoms with Crippen molar-refractivity contribution in [1.29, 1.82) is 0 Å². The number of fused-ring (bicyclic) bond motifs is 3. The molecule has 122 valence electrons. The number of para-hydroxylation sites is 1. The predicted molar refractivity (Wildman–Crippen MR) is 94.4 cm³/mol. The molecular weight excluding hydrogens is 316 g/mol. The number of carboxylic acids is 1. The SMILES string of the molecule is O=C1Cc2c(-c3ccccc3)cc(C(=O)O)nc2-c2ccccc2N1. The first-order valence-corrected chi connectivity index (χ1v) is 7.85. The quantitative estimate of drug-likeness (QED) is 0.752. The van der Waals surface area contributed by atoms with Crippen LogP contribution in [-0.4, -0.2) is 22.0 Å². The first-order chi connectivity index (χ1) is 12.1. The number of rotatable bonds is 2. The molecule has 5 heteroatoms. The van der Waals surface area contributed by atoms with Crippen molar-refractivity contribution in [1.82, 2.24) is 4.98 Å². The smallest absolute Gasteiger partial charge is 0.354 e. The molecule has 0 saturated carbocycles. The van der Waals surface area contributed by atoms with Crippen LogP contribution in [-0.2, 0) is 11.2 Å². The normalized spacial score (nSPS) is 12.6. The molecule has 1 aliphatic rings. The summed E-state index contributed by atoms with van der Waals surface area (Å²) in [6, 6.07) is 18.3. The van der Waals surface area contributed by atoms with Crippen molar-refractivity contribution in [2.24, 2.45) is 0 Å². The summed E-state index contributed by atoms with van der Waals surface area (Å²) in [6.07, 6.45) is 0.140. The van der Waals surface area contributed by atoms with Gasteiger partial charge in [0, 0.05) is 5.56 Å². The highest BCUT2D eigenvalue weighted by molar-refractivity contribution is 6.02. The lowest BCUT2D eigenvalue weighted by molar-refractivity contribution is -0.115. The lowest BCUT2D eigenvalue weighted by Crippen LogP contribution is -2.13. The van der Waals surface area contributed by atoms with E-state index in [1.165, 1.54) is 6.07 Å². The number of nitrogens with zero attached hydrogens (tertiary/aromatic N) is 1. The standard InChI is InChI=1S/C20H14N2O3/c23-18-11-15-14(12-6-2-1-3-7-12)10-17(20(24)25)22-19(15)13-8-4-5-9-16(13)21-18/h1-10H,11H2,(H,21,23)(H,24,25). The minimum absolute atomic E-state index is 0.0400. The van der Waals surface area contributed by atoms with Gasteiger partial charge in [-0.15, -0.1) is 0 Å². The van der Waals surface area contributed by atoms with E-state index in [2.05, 4.69) is 10.3 Å². The Kier molecular flexibility index (Phi) is 3.54. The van der Waals surface area contributed by atoms with E-state index in [1.807, 2.05) is 48.5 Å². The van der Waals surface area contributed by atoms with Crippen LogP contribution in [0.5, 0.6) is 0 Å². The first kappa shape index (κ1) is 15.1. The number of carbonyl (C=O) groups is 2. The Bertz CT molecular complexity index is 997. The second-order valence-electron chi connectivity index (χ2n) is 5.82. The summed E-state index contributed by atoms with van der Waals surface area (Å²) in [5.41, 5.74) is 4.17. The molecule has 5 nitrogen and oxygen atoms in total. The predicted octanol–water partition coefficient (Wildman–Crippen LogP) is 3.61. The van der Waals surface area contributed by atoms with Gasteiger partial charge >= 0.3 is 5.97 Å². The summed E-state index contributed by atoms with van der Waals surface area (Å²) in [4.78, 5) is 28.3. The highest BCUT2D eigenvalue weighted by Gasteiger charge is 2.25. The van der Waals surface area contributed by atoms with Gasteiger partial charge in [-0.1, -0.05) is 48.5 Å². The average Bonchev–Trinajstić information content (AvgIpc) is 2.77. The third-order valence-corrected chi connectivity index (χ3v) is 4.22. The monoisotopic (exact) mass is 330 g/mol. The van der Waals surface area contributed by atoms with Gasteiger partial charge in [-0.05, 0) is 28.8 Å². The van der Waals surface area contributed by atoms with Crippen LogP contribution in [0.4, 0.5) is 5.69 Å². The fraction of sp³-hybridized carbons (Fsp3) is 0.0500. The van der Waals surface area contributed by atoms with Gasteiger partial charge in [-0.25, -0.2) is 9.78 Å². The lowest BCUT2D eigenvalue weighted by atomic mass is 9.93. The molecule has 4 rings (SSSR count). The second-order valence-corrected chi connectivity index (χ2v) is 5.82. The molecule has 0 atom stereocenters. The van der Waals surface area contributed by atoms with Gasteiger partial charge in [0.1, 0.15) is 5.69 Å². The molecular formula is C20H14N2O3. The second kappa shape index (κ2) is 5.87. The largest absolute Gasteiger partial charge is 0.477 e. The molecule has 0 unspecified atom stereocenters. The molecule has 2 heterocycles. The minimum Gasteiger partial charge on any atom is -0.477 e. The van der Waals surface area contributed by atoms with Gasteiger partial charge < -0.3 is 10.4 Å². The van der Waals surface area contributed by atoms with Crippen molar-refractivity contribution in [3.8, 4) is 22.4 Å². The van der Waals surface area contributed by atoms with E-state index in [-0.39, 0.29) is 18.0 Å². The Hall–Kier alpha value is -3.47. The highest BCUT2D eigenvalue weighted by atomic mass is 16.4. The lowest BCUT2D eigenvalue weighted by Gasteiger charge is -2.14. The van der Waals surface area contributed by atoms with Gasteiger partial charge in [-0.2, -0.15) is 0 Å². The van der Waals surface area contributed by atoms with Crippen LogP contribution in [0.3, 0.4) is 0 Å². The number of carbonyl (C=O) groups excluding carboxylic acids is 1. The number of aromatic nitrogens is 1. The van der Waals surface area contributed by atoms with Gasteiger partial charge in [-0.3, -0.25) is 4.79 Å². The molecule has 1 amide bonds. The van der Waals surface area contributed by atoms with E-state index in [1.54, 1.807) is 6.07 Å². The van der Waals surface area contributed by atoms with Crippen LogP contribution in [0.15, 0.2) is 60.7 Å². The van der Waals surface area contributed by atoms with E-state index in [4.69, 9.17) is 0 Å². The number of anilines is 1. The van der Waals surface area contributed by atoms with Crippen LogP contribution >= 0.6 is 0 Å². The Balaban J connectivity index is 2.07. The Morgan fingerprint density at radius 1 is 1.00 bits per heavy atom. The van der Waals surface area contributed by atoms with Crippen LogP contribution in [0.25, 0.3) is 22.4 Å². The van der Waals surface area contributed by atoms with Gasteiger partial charge in [0.2, 0.25) is 5.91 Å². The molecule has 0 bridgehead atoms. The van der Waals surface area contributed by atoms with Crippen molar-refractivity contribution < 1.29 is 14.7 Å². The molecule has 1 aromatic heterocycles. The van der Waals surface area contributed by atoms with Crippen molar-refractivity contribution in [3.05, 3.63) is 71.9 Å². The van der Waals surface area contributed by atoms with E-state index >= 15 is 0 Å². The Morgan fingerprint density at radius 2 is 1.72 bits per heavy atom. The third kappa shape index (κ3) is 2.65. The molecule has 2 aromatic carbocycles. The Morgan fingerprint density at radius 3 is 2.48 bits per heavy atom. The maximum absolute atomic E-state index is 12.4. The van der Waals surface area contributed by atoms with Gasteiger partial charge in [0.05, 0.1) is 17.8 Å². The first-order valence-electron chi connectivity index (χ1n) is 7.85. The number of hydrogen-bond donors (Lipinski definition) is 2. The van der Waals surface area contributed by atoms with Crippen LogP contribution < -0.4 is 5.32 Å². The molecule has 0 saturated heterocycles. The van der Waals surface area contributed by atoms with E-state index < -0.39 is 5.97 Å². The van der Waals surface area contributed by atoms with Crippen LogP contribution in [0.1, 0.15) is 16.1 Å². The third-order valence-electron chi connectivity index (χ3n) is 4.22. The summed E-state index contributed by atoms with van der Waals surface area (Å²) in [5, 5.41) is 12.4. The summed E-state index contributed by atoms with van der Waals surface area (Å²) in [6.45, 7) is 0. The van der Waals surface area contributed by atoms with Crippen molar-refractivity contribution in [3.63, 3.8) is 0 Å². The van der Waals surface area contributed by atoms with E-state index in [9.17, 15) is 14.7 Å². The number of amides is 1. The molecule has 0 aliphatic carbocycles. The summed E-state index contributed by atoms with van der Waals surface area (Å²) in [5.74, 6) is -1.24. The zero-order valence-corrected chi connectivity index (χ0v) is 13.2. The molecule has 25 heavy (non-hydrogen) atoms. The number of nitrogens with one attached hydrogen (secondary N) is 1. The zero-order valence-electron chi connectivity index (χ0n) is 13.2. The number of aromatic carboxylic acids is 1. The number of hydrogen-bond acceptors (Lipinski definition) is 3. The molecule has 0 spiro atoms. The fourth-order valence-corrected chi connectivity index (χ4v) is 3.11. The number of benzene rings is 2. The number of carboxylic acid groups (broad SMARTS) is 1. The number of pyridine rings is 1. The highest BCUT2D eigenvalue weighted by Crippen LogP contribution is 2.37. The van der Waals surface area contributed by atoms with Crippen LogP contribution in [0.2, 0.25) is 0 Å². The van der Waals surface area contributed by atoms with Crippen molar-refractivity contribution in [2.75, 3.05) is 5.32 Å². The van der Waals surface area contributed by atoms with Gasteiger partial charge in [0.15, 0.2) is 0 Å². The maximum Gasteiger partial charge on any atom is 0.354 e. The van der Waals surface area contributed by atoms with Gasteiger partial charge in [0.25, 0.3) is 0 Å². The molecule has 3 aromatic rings. The van der Waals surface area contributed by atoms with E-state index in [0.29, 0.717) is 11.4 Å². The maximum atomic E-state index is 12.4. The molecule has 0 radical (unpaired) electrons. The average molecular weight is 330 g/mol. The molecule has 1 aliphatic heterocycles. The van der Waals surface area contributed by atoms with E-state index in [0.717, 1.165) is 22.3 Å². The van der Waals surface area contributed by atoms with Crippen molar-refractivity contribution in [2.45, 2.75) is 6.42 Å². The van der Waals surface area contributed by atoms with Crippen LogP contribution in [0, 0.1) is 0 Å². The fourth-order valence-electron chi connectivity index (χ4n) is 3.11.